The Morgan fingerprint density at radius 3 is 2.63 bits per heavy atom. The molecular weight excluding hydrogens is 326 g/mol. The molecule has 0 aliphatic rings. The van der Waals surface area contributed by atoms with E-state index in [0.29, 0.717) is 10.9 Å². The summed E-state index contributed by atoms with van der Waals surface area (Å²) in [5, 5.41) is 2.75. The highest BCUT2D eigenvalue weighted by Crippen LogP contribution is 2.29. The smallest absolute Gasteiger partial charge is 0.238 e. The van der Waals surface area contributed by atoms with Crippen LogP contribution in [0.2, 0.25) is 5.02 Å². The number of fused-ring (bicyclic) bond motifs is 1. The molecule has 3 rings (SSSR count). The number of halogens is 2. The van der Waals surface area contributed by atoms with Crippen LogP contribution in [0.3, 0.4) is 0 Å². The summed E-state index contributed by atoms with van der Waals surface area (Å²) < 4.78 is 6.75. The molecule has 2 nitrogen and oxygen atoms in total. The molecule has 2 aromatic carbocycles. The zero-order chi connectivity index (χ0) is 13.2. The van der Waals surface area contributed by atoms with Crippen molar-refractivity contribution in [3.8, 4) is 11.6 Å². The van der Waals surface area contributed by atoms with E-state index in [9.17, 15) is 0 Å². The van der Waals surface area contributed by atoms with Crippen LogP contribution in [-0.2, 0) is 0 Å². The maximum Gasteiger partial charge on any atom is 0.238 e. The Balaban J connectivity index is 1.98. The predicted molar refractivity (Wildman–Crippen MR) is 81.0 cm³/mol. The average Bonchev–Trinajstić information content (AvgIpc) is 2.41. The third kappa shape index (κ3) is 2.72. The van der Waals surface area contributed by atoms with E-state index >= 15 is 0 Å². The number of hydrogen-bond acceptors (Lipinski definition) is 2. The summed E-state index contributed by atoms with van der Waals surface area (Å²) in [4.78, 5) is 4.11. The molecule has 0 atom stereocenters. The zero-order valence-electron chi connectivity index (χ0n) is 9.81. The molecule has 1 aromatic heterocycles. The molecule has 0 saturated heterocycles. The Hall–Kier alpha value is -1.58. The summed E-state index contributed by atoms with van der Waals surface area (Å²) >= 11 is 9.47. The summed E-state index contributed by atoms with van der Waals surface area (Å²) in [5.41, 5.74) is 0. The van der Waals surface area contributed by atoms with Gasteiger partial charge in [0.05, 0.1) is 0 Å². The van der Waals surface area contributed by atoms with Gasteiger partial charge in [0.25, 0.3) is 0 Å². The lowest BCUT2D eigenvalue weighted by molar-refractivity contribution is 0.464. The Labute approximate surface area is 124 Å². The van der Waals surface area contributed by atoms with Crippen molar-refractivity contribution < 1.29 is 4.74 Å². The van der Waals surface area contributed by atoms with Crippen LogP contribution in [0.4, 0.5) is 0 Å². The van der Waals surface area contributed by atoms with Crippen LogP contribution in [0.25, 0.3) is 10.8 Å². The fourth-order valence-electron chi connectivity index (χ4n) is 1.82. The van der Waals surface area contributed by atoms with Gasteiger partial charge in [0.2, 0.25) is 5.88 Å². The van der Waals surface area contributed by atoms with Crippen LogP contribution in [0, 0.1) is 0 Å². The molecule has 4 heteroatoms. The lowest BCUT2D eigenvalue weighted by Crippen LogP contribution is -1.88. The third-order valence-electron chi connectivity index (χ3n) is 2.71. The van der Waals surface area contributed by atoms with E-state index in [1.54, 1.807) is 18.3 Å². The molecule has 0 saturated carbocycles. The highest BCUT2D eigenvalue weighted by Gasteiger charge is 2.04. The van der Waals surface area contributed by atoms with Gasteiger partial charge in [-0.05, 0) is 47.2 Å². The maximum absolute atomic E-state index is 6.02. The monoisotopic (exact) mass is 333 g/mol. The minimum absolute atomic E-state index is 0.417. The number of pyridine rings is 1. The van der Waals surface area contributed by atoms with Gasteiger partial charge in [-0.2, -0.15) is 0 Å². The number of hydrogen-bond donors (Lipinski definition) is 0. The first-order valence-corrected chi connectivity index (χ1v) is 6.87. The molecule has 0 fully saturated rings. The molecule has 0 radical (unpaired) electrons. The first-order valence-electron chi connectivity index (χ1n) is 5.70. The van der Waals surface area contributed by atoms with Crippen molar-refractivity contribution in [1.29, 1.82) is 0 Å². The summed E-state index contributed by atoms with van der Waals surface area (Å²) in [6.45, 7) is 0. The van der Waals surface area contributed by atoms with E-state index in [1.807, 2.05) is 30.3 Å². The Kier molecular flexibility index (Phi) is 3.40. The van der Waals surface area contributed by atoms with Crippen LogP contribution >= 0.6 is 27.5 Å². The summed E-state index contributed by atoms with van der Waals surface area (Å²) in [6.07, 6.45) is 1.65. The largest absolute Gasteiger partial charge is 0.438 e. The Morgan fingerprint density at radius 1 is 1.00 bits per heavy atom. The van der Waals surface area contributed by atoms with Crippen molar-refractivity contribution in [1.82, 2.24) is 4.98 Å². The standard InChI is InChI=1S/C15H9BrClNO/c16-12-5-3-11-9-13(6-4-10(11)8-12)19-15-14(17)2-1-7-18-15/h1-9H. The topological polar surface area (TPSA) is 22.1 Å². The SMILES string of the molecule is Clc1cccnc1Oc1ccc2cc(Br)ccc2c1. The van der Waals surface area contributed by atoms with Crippen LogP contribution in [-0.4, -0.2) is 4.98 Å². The lowest BCUT2D eigenvalue weighted by atomic mass is 10.1. The average molecular weight is 335 g/mol. The van der Waals surface area contributed by atoms with E-state index in [1.165, 1.54) is 0 Å². The van der Waals surface area contributed by atoms with E-state index in [0.717, 1.165) is 21.0 Å². The molecule has 0 unspecified atom stereocenters. The van der Waals surface area contributed by atoms with Crippen LogP contribution in [0.15, 0.2) is 59.2 Å². The number of rotatable bonds is 2. The summed E-state index contributed by atoms with van der Waals surface area (Å²) in [6, 6.07) is 15.5. The highest BCUT2D eigenvalue weighted by atomic mass is 79.9. The number of nitrogens with zero attached hydrogens (tertiary/aromatic N) is 1. The zero-order valence-corrected chi connectivity index (χ0v) is 12.1. The Bertz CT molecular complexity index is 745. The van der Waals surface area contributed by atoms with E-state index in [-0.39, 0.29) is 0 Å². The van der Waals surface area contributed by atoms with Gasteiger partial charge in [0, 0.05) is 10.7 Å². The molecule has 0 spiro atoms. The van der Waals surface area contributed by atoms with Crippen molar-refractivity contribution in [2.75, 3.05) is 0 Å². The minimum Gasteiger partial charge on any atom is -0.438 e. The van der Waals surface area contributed by atoms with Gasteiger partial charge in [-0.15, -0.1) is 0 Å². The molecule has 0 aliphatic carbocycles. The van der Waals surface area contributed by atoms with Crippen LogP contribution in [0.5, 0.6) is 11.6 Å². The van der Waals surface area contributed by atoms with Crippen molar-refractivity contribution >= 4 is 38.3 Å². The molecule has 0 bridgehead atoms. The number of aromatic nitrogens is 1. The molecule has 0 N–H and O–H groups in total. The third-order valence-corrected chi connectivity index (χ3v) is 3.49. The quantitative estimate of drug-likeness (QED) is 0.622. The van der Waals surface area contributed by atoms with Gasteiger partial charge in [-0.25, -0.2) is 4.98 Å². The highest BCUT2D eigenvalue weighted by molar-refractivity contribution is 9.10. The van der Waals surface area contributed by atoms with Gasteiger partial charge in [0.15, 0.2) is 0 Å². The van der Waals surface area contributed by atoms with Gasteiger partial charge in [-0.1, -0.05) is 39.7 Å². The fourth-order valence-corrected chi connectivity index (χ4v) is 2.36. The van der Waals surface area contributed by atoms with Crippen LogP contribution < -0.4 is 4.74 Å². The van der Waals surface area contributed by atoms with Crippen molar-refractivity contribution in [2.24, 2.45) is 0 Å². The van der Waals surface area contributed by atoms with Crippen molar-refractivity contribution in [3.05, 3.63) is 64.2 Å². The molecule has 0 amide bonds. The predicted octanol–water partition coefficient (Wildman–Crippen LogP) is 5.44. The van der Waals surface area contributed by atoms with Gasteiger partial charge < -0.3 is 4.74 Å². The Morgan fingerprint density at radius 2 is 1.79 bits per heavy atom. The second-order valence-corrected chi connectivity index (χ2v) is 5.37. The van der Waals surface area contributed by atoms with Gasteiger partial charge in [-0.3, -0.25) is 0 Å². The molecule has 94 valence electrons. The van der Waals surface area contributed by atoms with Gasteiger partial charge in [0.1, 0.15) is 10.8 Å². The number of benzene rings is 2. The molecule has 0 aliphatic heterocycles. The second-order valence-electron chi connectivity index (χ2n) is 4.05. The lowest BCUT2D eigenvalue weighted by Gasteiger charge is -2.07. The molecule has 3 aromatic rings. The first-order chi connectivity index (χ1) is 9.22. The first kappa shape index (κ1) is 12.5. The minimum atomic E-state index is 0.417. The van der Waals surface area contributed by atoms with E-state index < -0.39 is 0 Å². The molecule has 19 heavy (non-hydrogen) atoms. The maximum atomic E-state index is 6.02. The number of ether oxygens (including phenoxy) is 1. The second kappa shape index (κ2) is 5.19. The summed E-state index contributed by atoms with van der Waals surface area (Å²) in [7, 11) is 0. The van der Waals surface area contributed by atoms with Crippen molar-refractivity contribution in [3.63, 3.8) is 0 Å². The van der Waals surface area contributed by atoms with E-state index in [2.05, 4.69) is 27.0 Å². The normalized spacial score (nSPS) is 10.6. The summed E-state index contributed by atoms with van der Waals surface area (Å²) in [5.74, 6) is 1.14. The van der Waals surface area contributed by atoms with Gasteiger partial charge >= 0.3 is 0 Å². The van der Waals surface area contributed by atoms with Crippen molar-refractivity contribution in [2.45, 2.75) is 0 Å². The van der Waals surface area contributed by atoms with Crippen LogP contribution in [0.1, 0.15) is 0 Å². The van der Waals surface area contributed by atoms with E-state index in [4.69, 9.17) is 16.3 Å². The fraction of sp³-hybridized carbons (Fsp3) is 0. The molecule has 1 heterocycles. The molecular formula is C15H9BrClNO.